The Hall–Kier alpha value is -0.340. The molecule has 1 fully saturated rings. The number of thiocarbonyl (C=S) groups is 2. The van der Waals surface area contributed by atoms with Crippen LogP contribution in [0, 0.1) is 0 Å². The van der Waals surface area contributed by atoms with E-state index < -0.39 is 24.4 Å². The zero-order valence-electron chi connectivity index (χ0n) is 30.9. The number of hydrogen-bond donors (Lipinski definition) is 2. The lowest BCUT2D eigenvalue weighted by Crippen LogP contribution is -2.43. The summed E-state index contributed by atoms with van der Waals surface area (Å²) in [5.41, 5.74) is 0. The Balaban J connectivity index is 2.12. The predicted octanol–water partition coefficient (Wildman–Crippen LogP) is 11.9. The van der Waals surface area contributed by atoms with Gasteiger partial charge in [0.15, 0.2) is 16.2 Å². The smallest absolute Gasteiger partial charge is 0.162 e. The van der Waals surface area contributed by atoms with Crippen LogP contribution in [0.4, 0.5) is 0 Å². The highest BCUT2D eigenvalue weighted by molar-refractivity contribution is 7.80. The molecule has 47 heavy (non-hydrogen) atoms. The molecule has 1 aliphatic rings. The molecule has 0 aromatic rings. The van der Waals surface area contributed by atoms with Crippen molar-refractivity contribution < 1.29 is 24.4 Å². The van der Waals surface area contributed by atoms with E-state index in [0.717, 1.165) is 25.7 Å². The van der Waals surface area contributed by atoms with E-state index in [4.69, 9.17) is 38.6 Å². The van der Waals surface area contributed by atoms with Gasteiger partial charge in [0.2, 0.25) is 0 Å². The second-order valence-electron chi connectivity index (χ2n) is 14.3. The van der Waals surface area contributed by atoms with Crippen molar-refractivity contribution in [1.29, 1.82) is 0 Å². The number of unbranched alkanes of at least 4 members (excludes halogenated alkanes) is 26. The molecule has 0 saturated carbocycles. The van der Waals surface area contributed by atoms with Gasteiger partial charge in [-0.3, -0.25) is 0 Å². The van der Waals surface area contributed by atoms with Gasteiger partial charge in [-0.25, -0.2) is 0 Å². The summed E-state index contributed by atoms with van der Waals surface area (Å²) in [4.78, 5) is 0. The third-order valence-corrected chi connectivity index (χ3v) is 10.3. The van der Waals surface area contributed by atoms with E-state index in [1.54, 1.807) is 0 Å². The maximum absolute atomic E-state index is 10.5. The minimum absolute atomic E-state index is 0.0842. The minimum atomic E-state index is -1.02. The second kappa shape index (κ2) is 32.8. The first-order chi connectivity index (χ1) is 23.0. The van der Waals surface area contributed by atoms with Gasteiger partial charge in [0.1, 0.15) is 24.9 Å². The van der Waals surface area contributed by atoms with E-state index in [0.29, 0.717) is 16.5 Å². The van der Waals surface area contributed by atoms with Gasteiger partial charge in [0.25, 0.3) is 0 Å². The van der Waals surface area contributed by atoms with Crippen LogP contribution in [-0.2, 0) is 14.2 Å². The lowest BCUT2D eigenvalue weighted by Gasteiger charge is -2.27. The van der Waals surface area contributed by atoms with Gasteiger partial charge in [-0.1, -0.05) is 181 Å². The van der Waals surface area contributed by atoms with Crippen LogP contribution < -0.4 is 0 Å². The van der Waals surface area contributed by atoms with Crippen molar-refractivity contribution in [3.05, 3.63) is 0 Å². The first-order valence-electron chi connectivity index (χ1n) is 20.3. The Morgan fingerprint density at radius 2 is 0.894 bits per heavy atom. The average molecular weight is 701 g/mol. The van der Waals surface area contributed by atoms with Crippen molar-refractivity contribution in [2.24, 2.45) is 0 Å². The van der Waals surface area contributed by atoms with Crippen molar-refractivity contribution in [1.82, 2.24) is 0 Å². The summed E-state index contributed by atoms with van der Waals surface area (Å²) in [7, 11) is 0. The summed E-state index contributed by atoms with van der Waals surface area (Å²) >= 11 is 11.1. The molecule has 0 spiro atoms. The van der Waals surface area contributed by atoms with Crippen LogP contribution in [0.5, 0.6) is 0 Å². The molecule has 278 valence electrons. The average Bonchev–Trinajstić information content (AvgIpc) is 3.40. The number of hydrogen-bond acceptors (Lipinski definition) is 7. The fourth-order valence-electron chi connectivity index (χ4n) is 6.55. The fourth-order valence-corrected chi connectivity index (χ4v) is 7.03. The first-order valence-corrected chi connectivity index (χ1v) is 21.1. The zero-order chi connectivity index (χ0) is 34.2. The number of aliphatic hydroxyl groups is 2. The Labute approximate surface area is 302 Å². The summed E-state index contributed by atoms with van der Waals surface area (Å²) in [6.07, 6.45) is 35.3. The maximum Gasteiger partial charge on any atom is 0.162 e. The Bertz CT molecular complexity index is 721. The van der Waals surface area contributed by atoms with Gasteiger partial charge in [-0.05, 0) is 37.3 Å². The highest BCUT2D eigenvalue weighted by Crippen LogP contribution is 2.22. The van der Waals surface area contributed by atoms with E-state index in [2.05, 4.69) is 13.8 Å². The van der Waals surface area contributed by atoms with Gasteiger partial charge >= 0.3 is 0 Å². The van der Waals surface area contributed by atoms with E-state index in [-0.39, 0.29) is 13.2 Å². The highest BCUT2D eigenvalue weighted by atomic mass is 32.1. The van der Waals surface area contributed by atoms with Crippen molar-refractivity contribution in [3.8, 4) is 0 Å². The summed E-state index contributed by atoms with van der Waals surface area (Å²) in [5.74, 6) is 0. The molecule has 5 nitrogen and oxygen atoms in total. The van der Waals surface area contributed by atoms with Gasteiger partial charge in [0.05, 0.1) is 6.61 Å². The Morgan fingerprint density at radius 1 is 0.553 bits per heavy atom. The minimum Gasteiger partial charge on any atom is -0.483 e. The zero-order valence-corrected chi connectivity index (χ0v) is 32.5. The van der Waals surface area contributed by atoms with Gasteiger partial charge in [-0.2, -0.15) is 0 Å². The summed E-state index contributed by atoms with van der Waals surface area (Å²) in [6.45, 7) is 4.81. The molecular formula is C40H76O5S2. The molecule has 0 radical (unpaired) electrons. The van der Waals surface area contributed by atoms with E-state index in [1.165, 1.54) is 161 Å². The number of ether oxygens (including phenoxy) is 3. The fraction of sp³-hybridized carbons (Fsp3) is 0.950. The molecule has 1 saturated heterocycles. The van der Waals surface area contributed by atoms with E-state index in [1.807, 2.05) is 0 Å². The molecule has 0 aliphatic carbocycles. The van der Waals surface area contributed by atoms with Crippen LogP contribution in [-0.4, -0.2) is 57.9 Å². The molecule has 0 aromatic heterocycles. The first kappa shape index (κ1) is 44.7. The van der Waals surface area contributed by atoms with Crippen LogP contribution in [0.15, 0.2) is 0 Å². The molecular weight excluding hydrogens is 625 g/mol. The largest absolute Gasteiger partial charge is 0.483 e. The molecule has 1 rings (SSSR count). The van der Waals surface area contributed by atoms with Crippen LogP contribution in [0.1, 0.15) is 206 Å². The van der Waals surface area contributed by atoms with E-state index >= 15 is 0 Å². The molecule has 2 N–H and O–H groups in total. The molecule has 0 unspecified atom stereocenters. The summed E-state index contributed by atoms with van der Waals surface area (Å²) in [5, 5.41) is 21.6. The Kier molecular flexibility index (Phi) is 31.2. The van der Waals surface area contributed by atoms with Gasteiger partial charge in [0, 0.05) is 12.8 Å². The summed E-state index contributed by atoms with van der Waals surface area (Å²) < 4.78 is 17.7. The lowest BCUT2D eigenvalue weighted by atomic mass is 10.0. The van der Waals surface area contributed by atoms with Gasteiger partial charge < -0.3 is 24.4 Å². The SMILES string of the molecule is CCCCCCCCCCCCCCCCC(=S)OC[C@@H](OC(=S)CCCCCCCCCCCCCCCC)[C@H]1OC[C@H](O)[C@H]1O. The topological polar surface area (TPSA) is 68.2 Å². The van der Waals surface area contributed by atoms with E-state index in [9.17, 15) is 10.2 Å². The van der Waals surface area contributed by atoms with Crippen LogP contribution in [0.25, 0.3) is 0 Å². The predicted molar refractivity (Wildman–Crippen MR) is 208 cm³/mol. The van der Waals surface area contributed by atoms with Crippen molar-refractivity contribution in [3.63, 3.8) is 0 Å². The number of aliphatic hydroxyl groups excluding tert-OH is 2. The molecule has 0 bridgehead atoms. The standard InChI is InChI=1S/C40H76O5S2/c1-3-5-7-9-11-13-15-17-19-21-23-25-27-29-31-37(46)43-34-36(40-39(42)35(41)33-44-40)45-38(47)32-30-28-26-24-22-20-18-16-14-12-10-8-6-4-2/h35-36,39-42H,3-34H2,1-2H3/t35-,36+,39+,40+/m0/s1. The molecule has 1 heterocycles. The molecule has 0 amide bonds. The number of rotatable bonds is 34. The van der Waals surface area contributed by atoms with Crippen LogP contribution in [0.3, 0.4) is 0 Å². The quantitative estimate of drug-likeness (QED) is 0.0511. The Morgan fingerprint density at radius 3 is 1.23 bits per heavy atom. The highest BCUT2D eigenvalue weighted by Gasteiger charge is 2.41. The third-order valence-electron chi connectivity index (χ3n) is 9.72. The van der Waals surface area contributed by atoms with Crippen molar-refractivity contribution in [2.45, 2.75) is 231 Å². The lowest BCUT2D eigenvalue weighted by molar-refractivity contribution is -0.0600. The molecule has 0 aromatic carbocycles. The summed E-state index contributed by atoms with van der Waals surface area (Å²) in [6, 6.07) is 0. The van der Waals surface area contributed by atoms with Crippen molar-refractivity contribution >= 4 is 34.5 Å². The van der Waals surface area contributed by atoms with Crippen LogP contribution in [0.2, 0.25) is 0 Å². The third kappa shape index (κ3) is 26.2. The normalized spacial score (nSPS) is 18.4. The van der Waals surface area contributed by atoms with Gasteiger partial charge in [-0.15, -0.1) is 0 Å². The molecule has 4 atom stereocenters. The van der Waals surface area contributed by atoms with Crippen molar-refractivity contribution in [2.75, 3.05) is 13.2 Å². The maximum atomic E-state index is 10.5. The monoisotopic (exact) mass is 701 g/mol. The molecule has 1 aliphatic heterocycles. The second-order valence-corrected chi connectivity index (χ2v) is 15.2. The van der Waals surface area contributed by atoms with Crippen LogP contribution >= 0.6 is 24.4 Å². The molecule has 7 heteroatoms.